The van der Waals surface area contributed by atoms with Crippen LogP contribution in [-0.2, 0) is 19.4 Å². The van der Waals surface area contributed by atoms with Gasteiger partial charge in [0.1, 0.15) is 5.82 Å². The van der Waals surface area contributed by atoms with E-state index in [-0.39, 0.29) is 5.82 Å². The van der Waals surface area contributed by atoms with Crippen molar-refractivity contribution in [3.63, 3.8) is 0 Å². The Hall–Kier alpha value is -1.97. The van der Waals surface area contributed by atoms with Gasteiger partial charge in [-0.15, -0.1) is 0 Å². The third-order valence-corrected chi connectivity index (χ3v) is 3.18. The molecule has 0 aliphatic carbocycles. The number of aryl methyl sites for hydroxylation is 1. The van der Waals surface area contributed by atoms with Crippen molar-refractivity contribution in [2.45, 2.75) is 33.2 Å². The molecule has 0 saturated heterocycles. The number of hydrogen-bond acceptors (Lipinski definition) is 2. The third-order valence-electron chi connectivity index (χ3n) is 3.18. The van der Waals surface area contributed by atoms with Gasteiger partial charge in [0.2, 0.25) is 0 Å². The van der Waals surface area contributed by atoms with Crippen molar-refractivity contribution < 1.29 is 9.18 Å². The summed E-state index contributed by atoms with van der Waals surface area (Å²) in [6.07, 6.45) is 2.32. The van der Waals surface area contributed by atoms with E-state index >= 15 is 0 Å². The lowest BCUT2D eigenvalue weighted by Gasteiger charge is -2.06. The highest BCUT2D eigenvalue weighted by Gasteiger charge is 2.14. The van der Waals surface area contributed by atoms with E-state index in [9.17, 15) is 9.18 Å². The smallest absolute Gasteiger partial charge is 0.153 e. The van der Waals surface area contributed by atoms with Gasteiger partial charge >= 0.3 is 0 Å². The molecule has 0 amide bonds. The molecule has 0 bridgehead atoms. The third kappa shape index (κ3) is 2.72. The average Bonchev–Trinajstić information content (AvgIpc) is 2.75. The van der Waals surface area contributed by atoms with Gasteiger partial charge in [0.15, 0.2) is 6.29 Å². The molecule has 0 radical (unpaired) electrons. The van der Waals surface area contributed by atoms with Crippen molar-refractivity contribution in [1.29, 1.82) is 0 Å². The summed E-state index contributed by atoms with van der Waals surface area (Å²) in [4.78, 5) is 11.2. The fourth-order valence-corrected chi connectivity index (χ4v) is 2.27. The highest BCUT2D eigenvalue weighted by atomic mass is 19.1. The number of benzene rings is 1. The van der Waals surface area contributed by atoms with Gasteiger partial charge < -0.3 is 0 Å². The van der Waals surface area contributed by atoms with Crippen LogP contribution in [0.2, 0.25) is 0 Å². The molecule has 1 aromatic heterocycles. The highest BCUT2D eigenvalue weighted by Crippen LogP contribution is 2.16. The van der Waals surface area contributed by atoms with Crippen molar-refractivity contribution in [2.24, 2.45) is 0 Å². The quantitative estimate of drug-likeness (QED) is 0.775. The van der Waals surface area contributed by atoms with Crippen LogP contribution in [0.5, 0.6) is 0 Å². The number of rotatable bonds is 5. The van der Waals surface area contributed by atoms with Gasteiger partial charge in [0.05, 0.1) is 17.8 Å². The Morgan fingerprint density at radius 2 is 2.11 bits per heavy atom. The summed E-state index contributed by atoms with van der Waals surface area (Å²) in [6, 6.07) is 6.45. The normalized spacial score (nSPS) is 10.7. The van der Waals surface area contributed by atoms with Crippen LogP contribution >= 0.6 is 0 Å². The maximum absolute atomic E-state index is 13.2. The van der Waals surface area contributed by atoms with Gasteiger partial charge in [0.25, 0.3) is 0 Å². The molecule has 0 N–H and O–H groups in total. The van der Waals surface area contributed by atoms with Crippen molar-refractivity contribution in [2.75, 3.05) is 0 Å². The fraction of sp³-hybridized carbons (Fsp3) is 0.333. The van der Waals surface area contributed by atoms with E-state index in [1.165, 1.54) is 12.1 Å². The predicted octanol–water partition coefficient (Wildman–Crippen LogP) is 3.01. The first-order valence-electron chi connectivity index (χ1n) is 6.47. The minimum atomic E-state index is -0.256. The Morgan fingerprint density at radius 3 is 2.68 bits per heavy atom. The number of carbonyl (C=O) groups excluding carboxylic acids is 1. The molecule has 1 heterocycles. The molecule has 4 heteroatoms. The van der Waals surface area contributed by atoms with E-state index < -0.39 is 0 Å². The molecule has 2 rings (SSSR count). The number of aromatic nitrogens is 2. The van der Waals surface area contributed by atoms with Crippen LogP contribution in [0.3, 0.4) is 0 Å². The Morgan fingerprint density at radius 1 is 1.32 bits per heavy atom. The zero-order chi connectivity index (χ0) is 13.8. The lowest BCUT2D eigenvalue weighted by Crippen LogP contribution is -2.06. The standard InChI is InChI=1S/C15H17FN2O/c1-3-14-13(10-19)15(4-2)18(17-14)9-11-6-5-7-12(16)8-11/h5-8,10H,3-4,9H2,1-2H3. The molecule has 1 aromatic carbocycles. The molecule has 0 aliphatic rings. The van der Waals surface area contributed by atoms with Crippen LogP contribution in [0, 0.1) is 5.82 Å². The highest BCUT2D eigenvalue weighted by molar-refractivity contribution is 5.78. The average molecular weight is 260 g/mol. The molecule has 0 spiro atoms. The Bertz CT molecular complexity index is 590. The molecule has 0 aliphatic heterocycles. The Labute approximate surface area is 112 Å². The Balaban J connectivity index is 2.39. The Kier molecular flexibility index (Phi) is 4.10. The van der Waals surface area contributed by atoms with Gasteiger partial charge in [-0.1, -0.05) is 26.0 Å². The first kappa shape index (κ1) is 13.5. The van der Waals surface area contributed by atoms with Crippen LogP contribution in [0.25, 0.3) is 0 Å². The summed E-state index contributed by atoms with van der Waals surface area (Å²) >= 11 is 0. The molecule has 0 atom stereocenters. The maximum atomic E-state index is 13.2. The molecule has 0 saturated carbocycles. The predicted molar refractivity (Wildman–Crippen MR) is 71.9 cm³/mol. The summed E-state index contributed by atoms with van der Waals surface area (Å²) in [7, 11) is 0. The van der Waals surface area contributed by atoms with E-state index in [0.717, 1.165) is 36.1 Å². The summed E-state index contributed by atoms with van der Waals surface area (Å²) in [6.45, 7) is 4.45. The zero-order valence-electron chi connectivity index (χ0n) is 11.2. The molecule has 2 aromatic rings. The van der Waals surface area contributed by atoms with E-state index in [1.54, 1.807) is 10.7 Å². The minimum Gasteiger partial charge on any atom is -0.298 e. The molecule has 0 unspecified atom stereocenters. The van der Waals surface area contributed by atoms with Crippen LogP contribution in [0.15, 0.2) is 24.3 Å². The van der Waals surface area contributed by atoms with E-state index in [1.807, 2.05) is 19.9 Å². The van der Waals surface area contributed by atoms with E-state index in [2.05, 4.69) is 5.10 Å². The second-order valence-corrected chi connectivity index (χ2v) is 4.42. The van der Waals surface area contributed by atoms with Crippen molar-refractivity contribution in [1.82, 2.24) is 9.78 Å². The second-order valence-electron chi connectivity index (χ2n) is 4.42. The topological polar surface area (TPSA) is 34.9 Å². The number of hydrogen-bond donors (Lipinski definition) is 0. The van der Waals surface area contributed by atoms with Gasteiger partial charge in [-0.25, -0.2) is 4.39 Å². The molecule has 0 fully saturated rings. The molecular formula is C15H17FN2O. The van der Waals surface area contributed by atoms with Crippen molar-refractivity contribution in [3.05, 3.63) is 52.6 Å². The first-order valence-corrected chi connectivity index (χ1v) is 6.47. The monoisotopic (exact) mass is 260 g/mol. The maximum Gasteiger partial charge on any atom is 0.153 e. The SMILES string of the molecule is CCc1nn(Cc2cccc(F)c2)c(CC)c1C=O. The van der Waals surface area contributed by atoms with E-state index in [4.69, 9.17) is 0 Å². The summed E-state index contributed by atoms with van der Waals surface area (Å²) in [5.41, 5.74) is 3.25. The molecule has 19 heavy (non-hydrogen) atoms. The molecule has 3 nitrogen and oxygen atoms in total. The fourth-order valence-electron chi connectivity index (χ4n) is 2.27. The van der Waals surface area contributed by atoms with Gasteiger partial charge in [0, 0.05) is 5.69 Å². The number of aldehydes is 1. The summed E-state index contributed by atoms with van der Waals surface area (Å²) in [5.74, 6) is -0.256. The molecule has 100 valence electrons. The number of carbonyl (C=O) groups is 1. The van der Waals surface area contributed by atoms with Crippen molar-refractivity contribution in [3.8, 4) is 0 Å². The van der Waals surface area contributed by atoms with E-state index in [0.29, 0.717) is 12.1 Å². The minimum absolute atomic E-state index is 0.256. The van der Waals surface area contributed by atoms with Crippen molar-refractivity contribution >= 4 is 6.29 Å². The first-order chi connectivity index (χ1) is 9.19. The lowest BCUT2D eigenvalue weighted by molar-refractivity contribution is 0.112. The summed E-state index contributed by atoms with van der Waals surface area (Å²) in [5, 5.41) is 4.46. The van der Waals surface area contributed by atoms with Gasteiger partial charge in [-0.2, -0.15) is 5.10 Å². The van der Waals surface area contributed by atoms with Crippen LogP contribution in [-0.4, -0.2) is 16.1 Å². The van der Waals surface area contributed by atoms with Crippen LogP contribution in [0.1, 0.15) is 41.2 Å². The number of halogens is 1. The van der Waals surface area contributed by atoms with Gasteiger partial charge in [-0.05, 0) is 30.5 Å². The molecular weight excluding hydrogens is 243 g/mol. The largest absolute Gasteiger partial charge is 0.298 e. The lowest BCUT2D eigenvalue weighted by atomic mass is 10.1. The summed E-state index contributed by atoms with van der Waals surface area (Å²) < 4.78 is 15.0. The second kappa shape index (κ2) is 5.78. The van der Waals surface area contributed by atoms with Gasteiger partial charge in [-0.3, -0.25) is 9.48 Å². The zero-order valence-corrected chi connectivity index (χ0v) is 11.2. The van der Waals surface area contributed by atoms with Crippen LogP contribution < -0.4 is 0 Å². The van der Waals surface area contributed by atoms with Crippen LogP contribution in [0.4, 0.5) is 4.39 Å². The number of nitrogens with zero attached hydrogens (tertiary/aromatic N) is 2.